The number of amides is 2. The number of piperidine rings is 1. The van der Waals surface area contributed by atoms with Crippen molar-refractivity contribution in [2.75, 3.05) is 19.6 Å². The molecule has 1 aliphatic carbocycles. The van der Waals surface area contributed by atoms with Crippen LogP contribution in [0, 0.1) is 0 Å². The second-order valence-electron chi connectivity index (χ2n) is 15.5. The lowest BCUT2D eigenvalue weighted by Gasteiger charge is -2.39. The number of halogens is 1. The van der Waals surface area contributed by atoms with Crippen molar-refractivity contribution in [3.8, 4) is 22.6 Å². The summed E-state index contributed by atoms with van der Waals surface area (Å²) in [6, 6.07) is 24.8. The molecule has 0 bridgehead atoms. The Hall–Kier alpha value is -4.32. The molecule has 3 fully saturated rings. The molecule has 12 heteroatoms. The molecular weight excluding hydrogens is 726 g/mol. The van der Waals surface area contributed by atoms with Crippen LogP contribution in [0.3, 0.4) is 0 Å². The molecule has 3 aliphatic rings. The maximum Gasteiger partial charge on any atom is 0.407 e. The van der Waals surface area contributed by atoms with E-state index in [1.807, 2.05) is 66.7 Å². The first-order chi connectivity index (χ1) is 25.8. The molecule has 54 heavy (non-hydrogen) atoms. The summed E-state index contributed by atoms with van der Waals surface area (Å²) in [6.07, 6.45) is 4.81. The number of rotatable bonds is 9. The molecule has 10 nitrogen and oxygen atoms in total. The van der Waals surface area contributed by atoms with Crippen LogP contribution in [0.1, 0.15) is 65.7 Å². The van der Waals surface area contributed by atoms with Crippen molar-refractivity contribution >= 4 is 44.4 Å². The van der Waals surface area contributed by atoms with Gasteiger partial charge in [-0.15, -0.1) is 0 Å². The van der Waals surface area contributed by atoms with Crippen LogP contribution in [0.5, 0.6) is 11.5 Å². The first kappa shape index (κ1) is 38.0. The number of hydrogen-bond acceptors (Lipinski definition) is 7. The molecule has 1 saturated carbocycles. The Balaban J connectivity index is 1.10. The Morgan fingerprint density at radius 3 is 2.09 bits per heavy atom. The Morgan fingerprint density at radius 2 is 1.39 bits per heavy atom. The molecule has 4 aromatic carbocycles. The van der Waals surface area contributed by atoms with Gasteiger partial charge in [0.1, 0.15) is 29.2 Å². The van der Waals surface area contributed by atoms with Gasteiger partial charge in [-0.25, -0.2) is 13.2 Å². The predicted molar refractivity (Wildman–Crippen MR) is 209 cm³/mol. The molecule has 3 atom stereocenters. The van der Waals surface area contributed by atoms with Gasteiger partial charge in [0.25, 0.3) is 0 Å². The molecule has 286 valence electrons. The third kappa shape index (κ3) is 8.96. The fourth-order valence-electron chi connectivity index (χ4n) is 7.62. The number of nitrogens with one attached hydrogen (secondary N) is 1. The molecule has 0 spiro atoms. The van der Waals surface area contributed by atoms with Crippen LogP contribution >= 0.6 is 11.6 Å². The summed E-state index contributed by atoms with van der Waals surface area (Å²) in [6.45, 7) is 6.11. The summed E-state index contributed by atoms with van der Waals surface area (Å²) in [4.78, 5) is 28.6. The van der Waals surface area contributed by atoms with E-state index in [0.29, 0.717) is 30.2 Å². The lowest BCUT2D eigenvalue weighted by atomic mass is 10.0. The zero-order valence-corrected chi connectivity index (χ0v) is 32.6. The molecule has 0 unspecified atom stereocenters. The molecular formula is C42H48ClN3O7S. The lowest BCUT2D eigenvalue weighted by Crippen LogP contribution is -2.56. The van der Waals surface area contributed by atoms with E-state index in [1.54, 1.807) is 43.9 Å². The van der Waals surface area contributed by atoms with Crippen LogP contribution in [0.2, 0.25) is 5.02 Å². The average Bonchev–Trinajstić information content (AvgIpc) is 3.83. The topological polar surface area (TPSA) is 114 Å². The number of likely N-dealkylation sites (tertiary alicyclic amines) is 1. The molecule has 0 radical (unpaired) electrons. The van der Waals surface area contributed by atoms with Gasteiger partial charge < -0.3 is 24.4 Å². The van der Waals surface area contributed by atoms with Crippen LogP contribution in [0.15, 0.2) is 89.8 Å². The third-order valence-corrected chi connectivity index (χ3v) is 12.5. The molecule has 1 N–H and O–H groups in total. The van der Waals surface area contributed by atoms with Gasteiger partial charge in [-0.2, -0.15) is 4.31 Å². The summed E-state index contributed by atoms with van der Waals surface area (Å²) in [5.74, 6) is 1.10. The van der Waals surface area contributed by atoms with Gasteiger partial charge in [0.2, 0.25) is 15.9 Å². The molecule has 2 saturated heterocycles. The summed E-state index contributed by atoms with van der Waals surface area (Å²) >= 11 is 6.07. The summed E-state index contributed by atoms with van der Waals surface area (Å²) in [5.41, 5.74) is 1.37. The molecule has 2 heterocycles. The normalized spacial score (nSPS) is 21.3. The first-order valence-electron chi connectivity index (χ1n) is 18.8. The van der Waals surface area contributed by atoms with Crippen molar-refractivity contribution in [3.05, 3.63) is 90.0 Å². The van der Waals surface area contributed by atoms with Crippen molar-refractivity contribution in [2.45, 2.75) is 101 Å². The van der Waals surface area contributed by atoms with Crippen molar-refractivity contribution in [1.29, 1.82) is 0 Å². The average molecular weight is 774 g/mol. The van der Waals surface area contributed by atoms with E-state index in [0.717, 1.165) is 40.5 Å². The van der Waals surface area contributed by atoms with Crippen LogP contribution in [0.25, 0.3) is 21.9 Å². The van der Waals surface area contributed by atoms with Crippen molar-refractivity contribution < 1.29 is 32.2 Å². The standard InChI is InChI=1S/C42H48ClN3O7S/c1-42(2,3)53-41(48)44-33-20-22-45(27-33)40(47)39-26-37(52-35-16-10-29(11-17-35)28-8-14-32(43)15-9-28)21-23-46(39)54(49,50)38-19-13-30-24-36(18-12-31(30)25-38)51-34-6-4-5-7-34/h8-19,24-25,33-34,37,39H,4-7,20-23,26-27H2,1-3H3,(H,44,48)/t33-,37-,39-/m1/s1. The third-order valence-electron chi connectivity index (χ3n) is 10.3. The van der Waals surface area contributed by atoms with E-state index in [1.165, 1.54) is 17.1 Å². The highest BCUT2D eigenvalue weighted by Gasteiger charge is 2.44. The van der Waals surface area contributed by atoms with Crippen LogP contribution < -0.4 is 14.8 Å². The molecule has 2 aliphatic heterocycles. The Morgan fingerprint density at radius 1 is 0.759 bits per heavy atom. The Bertz CT molecular complexity index is 2080. The lowest BCUT2D eigenvalue weighted by molar-refractivity contribution is -0.136. The molecule has 4 aromatic rings. The van der Waals surface area contributed by atoms with E-state index in [4.69, 9.17) is 25.8 Å². The van der Waals surface area contributed by atoms with Crippen molar-refractivity contribution in [1.82, 2.24) is 14.5 Å². The van der Waals surface area contributed by atoms with Crippen LogP contribution in [-0.2, 0) is 19.6 Å². The zero-order valence-electron chi connectivity index (χ0n) is 31.0. The minimum atomic E-state index is -4.09. The first-order valence-corrected chi connectivity index (χ1v) is 20.7. The number of alkyl carbamates (subject to hydrolysis) is 1. The Kier molecular flexibility index (Phi) is 11.1. The number of carbonyl (C=O) groups is 2. The van der Waals surface area contributed by atoms with E-state index in [9.17, 15) is 18.0 Å². The monoisotopic (exact) mass is 773 g/mol. The quantitative estimate of drug-likeness (QED) is 0.182. The largest absolute Gasteiger partial charge is 0.490 e. The maximum atomic E-state index is 14.5. The van der Waals surface area contributed by atoms with E-state index in [2.05, 4.69) is 5.32 Å². The van der Waals surface area contributed by atoms with Gasteiger partial charge in [0.05, 0.1) is 17.0 Å². The highest BCUT2D eigenvalue weighted by atomic mass is 35.5. The van der Waals surface area contributed by atoms with E-state index >= 15 is 0 Å². The number of sulfonamides is 1. The second kappa shape index (κ2) is 15.8. The fraction of sp³-hybridized carbons (Fsp3) is 0.429. The maximum absolute atomic E-state index is 14.5. The van der Waals surface area contributed by atoms with Gasteiger partial charge >= 0.3 is 6.09 Å². The van der Waals surface area contributed by atoms with Gasteiger partial charge in [-0.1, -0.05) is 48.0 Å². The van der Waals surface area contributed by atoms with E-state index in [-0.39, 0.29) is 42.5 Å². The van der Waals surface area contributed by atoms with Gasteiger partial charge in [-0.3, -0.25) is 4.79 Å². The van der Waals surface area contributed by atoms with E-state index < -0.39 is 33.9 Å². The number of hydrogen-bond donors (Lipinski definition) is 1. The smallest absolute Gasteiger partial charge is 0.407 e. The molecule has 2 amide bonds. The molecule has 0 aromatic heterocycles. The zero-order chi connectivity index (χ0) is 38.0. The highest BCUT2D eigenvalue weighted by molar-refractivity contribution is 7.89. The number of ether oxygens (including phenoxy) is 3. The highest BCUT2D eigenvalue weighted by Crippen LogP contribution is 2.34. The van der Waals surface area contributed by atoms with Gasteiger partial charge in [0.15, 0.2) is 0 Å². The van der Waals surface area contributed by atoms with Crippen molar-refractivity contribution in [3.63, 3.8) is 0 Å². The van der Waals surface area contributed by atoms with Crippen molar-refractivity contribution in [2.24, 2.45) is 0 Å². The van der Waals surface area contributed by atoms with Gasteiger partial charge in [0, 0.05) is 31.1 Å². The SMILES string of the molecule is CC(C)(C)OC(=O)N[C@@H]1CCN(C(=O)[C@H]2C[C@H](Oc3ccc(-c4ccc(Cl)cc4)cc3)CCN2S(=O)(=O)c2ccc3cc(OC4CCCC4)ccc3c2)C1. The number of fused-ring (bicyclic) bond motifs is 1. The minimum absolute atomic E-state index is 0.103. The summed E-state index contributed by atoms with van der Waals surface area (Å²) in [5, 5.41) is 5.18. The van der Waals surface area contributed by atoms with Crippen LogP contribution in [-0.4, -0.2) is 79.2 Å². The summed E-state index contributed by atoms with van der Waals surface area (Å²) in [7, 11) is -4.09. The number of benzene rings is 4. The molecule has 7 rings (SSSR count). The van der Waals surface area contributed by atoms with Crippen LogP contribution in [0.4, 0.5) is 4.79 Å². The fourth-order valence-corrected chi connectivity index (χ4v) is 9.39. The minimum Gasteiger partial charge on any atom is -0.490 e. The summed E-state index contributed by atoms with van der Waals surface area (Å²) < 4.78 is 48.3. The number of nitrogens with zero attached hydrogens (tertiary/aromatic N) is 2. The predicted octanol–water partition coefficient (Wildman–Crippen LogP) is 8.21. The number of carbonyl (C=O) groups excluding carboxylic acids is 2. The second-order valence-corrected chi connectivity index (χ2v) is 17.9. The Labute approximate surface area is 322 Å². The van der Waals surface area contributed by atoms with Gasteiger partial charge in [-0.05, 0) is 130 Å².